The Hall–Kier alpha value is -1.71. The third-order valence-electron chi connectivity index (χ3n) is 3.44. The fraction of sp³-hybridized carbons (Fsp3) is 0.500. The number of carboxylic acid groups (broad SMARTS) is 1. The largest absolute Gasteiger partial charge is 0.496 e. The molecule has 0 aliphatic heterocycles. The Kier molecular flexibility index (Phi) is 4.59. The second kappa shape index (κ2) is 5.76. The number of ether oxygens (including phenoxy) is 1. The number of hydrogen-bond donors (Lipinski definition) is 1. The fourth-order valence-electron chi connectivity index (χ4n) is 2.01. The molecule has 0 bridgehead atoms. The molecular formula is C14H21NO3. The summed E-state index contributed by atoms with van der Waals surface area (Å²) >= 11 is 0. The molecule has 1 N–H and O–H groups in total. The second-order valence-corrected chi connectivity index (χ2v) is 4.59. The highest BCUT2D eigenvalue weighted by Gasteiger charge is 2.17. The van der Waals surface area contributed by atoms with Gasteiger partial charge in [-0.3, -0.25) is 4.79 Å². The van der Waals surface area contributed by atoms with Crippen molar-refractivity contribution in [2.45, 2.75) is 33.2 Å². The lowest BCUT2D eigenvalue weighted by Gasteiger charge is -2.28. The third-order valence-corrected chi connectivity index (χ3v) is 3.44. The van der Waals surface area contributed by atoms with Crippen LogP contribution in [0.5, 0.6) is 5.75 Å². The summed E-state index contributed by atoms with van der Waals surface area (Å²) < 4.78 is 5.27. The van der Waals surface area contributed by atoms with Gasteiger partial charge >= 0.3 is 5.97 Å². The summed E-state index contributed by atoms with van der Waals surface area (Å²) in [5, 5.41) is 8.84. The summed E-state index contributed by atoms with van der Waals surface area (Å²) in [6.07, 6.45) is 0.126. The Morgan fingerprint density at radius 2 is 2.00 bits per heavy atom. The van der Waals surface area contributed by atoms with Crippen molar-refractivity contribution in [1.82, 2.24) is 0 Å². The van der Waals surface area contributed by atoms with E-state index < -0.39 is 5.97 Å². The minimum Gasteiger partial charge on any atom is -0.496 e. The number of benzene rings is 1. The summed E-state index contributed by atoms with van der Waals surface area (Å²) in [5.74, 6) is 0.0766. The average Bonchev–Trinajstić information content (AvgIpc) is 2.31. The number of nitrogens with zero attached hydrogens (tertiary/aromatic N) is 1. The highest BCUT2D eigenvalue weighted by Crippen LogP contribution is 2.30. The van der Waals surface area contributed by atoms with Gasteiger partial charge in [0, 0.05) is 18.8 Å². The Morgan fingerprint density at radius 3 is 2.50 bits per heavy atom. The van der Waals surface area contributed by atoms with E-state index in [9.17, 15) is 4.79 Å². The van der Waals surface area contributed by atoms with Gasteiger partial charge in [0.15, 0.2) is 0 Å². The Bertz CT molecular complexity index is 443. The number of carboxylic acids is 1. The van der Waals surface area contributed by atoms with E-state index in [0.717, 1.165) is 22.6 Å². The minimum atomic E-state index is -0.780. The van der Waals surface area contributed by atoms with Crippen molar-refractivity contribution in [2.75, 3.05) is 19.1 Å². The molecule has 1 aromatic carbocycles. The zero-order chi connectivity index (χ0) is 13.9. The molecule has 0 saturated carbocycles. The van der Waals surface area contributed by atoms with E-state index in [0.29, 0.717) is 0 Å². The molecule has 0 aromatic heterocycles. The Labute approximate surface area is 108 Å². The van der Waals surface area contributed by atoms with E-state index in [-0.39, 0.29) is 12.5 Å². The van der Waals surface area contributed by atoms with Crippen molar-refractivity contribution in [2.24, 2.45) is 0 Å². The molecule has 0 aliphatic rings. The molecule has 4 heteroatoms. The Morgan fingerprint density at radius 1 is 1.39 bits per heavy atom. The maximum atomic E-state index is 10.8. The van der Waals surface area contributed by atoms with Gasteiger partial charge in [0.2, 0.25) is 0 Å². The molecule has 0 radical (unpaired) electrons. The molecule has 0 amide bonds. The second-order valence-electron chi connectivity index (χ2n) is 4.59. The van der Waals surface area contributed by atoms with Crippen molar-refractivity contribution in [3.05, 3.63) is 23.3 Å². The monoisotopic (exact) mass is 251 g/mol. The predicted molar refractivity (Wildman–Crippen MR) is 72.6 cm³/mol. The van der Waals surface area contributed by atoms with Crippen LogP contribution < -0.4 is 9.64 Å². The zero-order valence-electron chi connectivity index (χ0n) is 11.7. The molecule has 1 rings (SSSR count). The summed E-state index contributed by atoms with van der Waals surface area (Å²) in [6, 6.07) is 3.84. The van der Waals surface area contributed by atoms with E-state index in [1.54, 1.807) is 7.11 Å². The van der Waals surface area contributed by atoms with Crippen molar-refractivity contribution in [1.29, 1.82) is 0 Å². The number of methoxy groups -OCH3 is 1. The number of rotatable bonds is 5. The summed E-state index contributed by atoms with van der Waals surface area (Å²) in [5.41, 5.74) is 3.25. The first-order chi connectivity index (χ1) is 8.38. The number of hydrogen-bond acceptors (Lipinski definition) is 3. The maximum Gasteiger partial charge on any atom is 0.305 e. The van der Waals surface area contributed by atoms with Crippen molar-refractivity contribution in [3.8, 4) is 5.75 Å². The molecule has 18 heavy (non-hydrogen) atoms. The molecule has 100 valence electrons. The Balaban J connectivity index is 3.03. The molecule has 0 aliphatic carbocycles. The third kappa shape index (κ3) is 2.94. The highest BCUT2D eigenvalue weighted by molar-refractivity contribution is 5.69. The number of aliphatic carboxylic acids is 1. The average molecular weight is 251 g/mol. The van der Waals surface area contributed by atoms with E-state index in [2.05, 4.69) is 0 Å². The summed E-state index contributed by atoms with van der Waals surface area (Å²) in [6.45, 7) is 5.94. The van der Waals surface area contributed by atoms with Crippen LogP contribution in [0.15, 0.2) is 12.1 Å². The van der Waals surface area contributed by atoms with Gasteiger partial charge in [-0.15, -0.1) is 0 Å². The SMILES string of the molecule is COc1ccc(N(C)C(C)CC(=O)O)c(C)c1C. The van der Waals surface area contributed by atoms with Crippen LogP contribution in [0.4, 0.5) is 5.69 Å². The van der Waals surface area contributed by atoms with Gasteiger partial charge < -0.3 is 14.7 Å². The molecule has 1 atom stereocenters. The first kappa shape index (κ1) is 14.4. The van der Waals surface area contributed by atoms with Gasteiger partial charge in [-0.1, -0.05) is 0 Å². The lowest BCUT2D eigenvalue weighted by molar-refractivity contribution is -0.137. The van der Waals surface area contributed by atoms with Crippen LogP contribution in [0.3, 0.4) is 0 Å². The predicted octanol–water partition coefficient (Wildman–Crippen LogP) is 2.61. The lowest BCUT2D eigenvalue weighted by atomic mass is 10.0. The topological polar surface area (TPSA) is 49.8 Å². The van der Waals surface area contributed by atoms with E-state index in [4.69, 9.17) is 9.84 Å². The molecule has 0 fully saturated rings. The van der Waals surface area contributed by atoms with Crippen LogP contribution >= 0.6 is 0 Å². The molecule has 1 unspecified atom stereocenters. The smallest absolute Gasteiger partial charge is 0.305 e. The molecule has 0 spiro atoms. The lowest BCUT2D eigenvalue weighted by Crippen LogP contribution is -2.31. The van der Waals surface area contributed by atoms with Crippen LogP contribution in [-0.4, -0.2) is 31.3 Å². The normalized spacial score (nSPS) is 12.1. The van der Waals surface area contributed by atoms with Crippen LogP contribution in [0.1, 0.15) is 24.5 Å². The van der Waals surface area contributed by atoms with Gasteiger partial charge in [-0.25, -0.2) is 0 Å². The first-order valence-corrected chi connectivity index (χ1v) is 5.97. The van der Waals surface area contributed by atoms with E-state index in [1.165, 1.54) is 0 Å². The molecule has 0 saturated heterocycles. The van der Waals surface area contributed by atoms with Gasteiger partial charge in [-0.2, -0.15) is 0 Å². The van der Waals surface area contributed by atoms with Crippen molar-refractivity contribution < 1.29 is 14.6 Å². The summed E-state index contributed by atoms with van der Waals surface area (Å²) in [7, 11) is 3.57. The van der Waals surface area contributed by atoms with E-state index >= 15 is 0 Å². The minimum absolute atomic E-state index is 0.0472. The quantitative estimate of drug-likeness (QED) is 0.874. The van der Waals surface area contributed by atoms with Crippen molar-refractivity contribution >= 4 is 11.7 Å². The van der Waals surface area contributed by atoms with Crippen molar-refractivity contribution in [3.63, 3.8) is 0 Å². The van der Waals surface area contributed by atoms with Crippen LogP contribution in [0.25, 0.3) is 0 Å². The zero-order valence-corrected chi connectivity index (χ0v) is 11.7. The fourth-order valence-corrected chi connectivity index (χ4v) is 2.01. The van der Waals surface area contributed by atoms with Crippen LogP contribution in [0.2, 0.25) is 0 Å². The standard InChI is InChI=1S/C14H21NO3/c1-9(8-14(16)17)15(4)12-6-7-13(18-5)11(3)10(12)2/h6-7,9H,8H2,1-5H3,(H,16,17). The van der Waals surface area contributed by atoms with Gasteiger partial charge in [0.05, 0.1) is 13.5 Å². The van der Waals surface area contributed by atoms with Gasteiger partial charge in [-0.05, 0) is 44.0 Å². The van der Waals surface area contributed by atoms with E-state index in [1.807, 2.05) is 44.9 Å². The number of carbonyl (C=O) groups is 1. The van der Waals surface area contributed by atoms with Crippen LogP contribution in [0, 0.1) is 13.8 Å². The number of anilines is 1. The molecule has 0 heterocycles. The molecule has 4 nitrogen and oxygen atoms in total. The van der Waals surface area contributed by atoms with Gasteiger partial charge in [0.25, 0.3) is 0 Å². The highest BCUT2D eigenvalue weighted by atomic mass is 16.5. The first-order valence-electron chi connectivity index (χ1n) is 5.97. The summed E-state index contributed by atoms with van der Waals surface area (Å²) in [4.78, 5) is 12.7. The molecular weight excluding hydrogens is 230 g/mol. The van der Waals surface area contributed by atoms with Crippen LogP contribution in [-0.2, 0) is 4.79 Å². The maximum absolute atomic E-state index is 10.8. The molecule has 1 aromatic rings. The van der Waals surface area contributed by atoms with Gasteiger partial charge in [0.1, 0.15) is 5.75 Å².